The fourth-order valence-corrected chi connectivity index (χ4v) is 2.83. The Morgan fingerprint density at radius 2 is 1.90 bits per heavy atom. The summed E-state index contributed by atoms with van der Waals surface area (Å²) in [6.07, 6.45) is 0. The van der Waals surface area contributed by atoms with E-state index in [1.165, 1.54) is 6.07 Å². The van der Waals surface area contributed by atoms with Gasteiger partial charge in [-0.25, -0.2) is 9.37 Å². The normalized spacial score (nSPS) is 11.2. The molecule has 0 bridgehead atoms. The van der Waals surface area contributed by atoms with Crippen LogP contribution in [0.2, 0.25) is 0 Å². The maximum absolute atomic E-state index is 13.3. The Morgan fingerprint density at radius 3 is 2.60 bits per heavy atom. The molecule has 3 rings (SSSR count). The van der Waals surface area contributed by atoms with Crippen LogP contribution in [0.3, 0.4) is 0 Å². The van der Waals surface area contributed by atoms with Crippen LogP contribution in [-0.2, 0) is 0 Å². The molecule has 0 spiro atoms. The topological polar surface area (TPSA) is 43.3 Å². The maximum atomic E-state index is 13.3. The third-order valence-electron chi connectivity index (χ3n) is 3.19. The van der Waals surface area contributed by atoms with Gasteiger partial charge in [0.1, 0.15) is 23.0 Å². The molecular formula is C14H10Br2FN3. The van der Waals surface area contributed by atoms with E-state index < -0.39 is 0 Å². The number of aromatic nitrogens is 2. The van der Waals surface area contributed by atoms with E-state index in [4.69, 9.17) is 5.73 Å². The second kappa shape index (κ2) is 4.86. The third kappa shape index (κ3) is 2.03. The van der Waals surface area contributed by atoms with Crippen molar-refractivity contribution in [1.29, 1.82) is 0 Å². The molecule has 0 aliphatic heterocycles. The van der Waals surface area contributed by atoms with Crippen molar-refractivity contribution in [2.75, 3.05) is 5.73 Å². The molecule has 0 aliphatic carbocycles. The molecule has 3 aromatic rings. The van der Waals surface area contributed by atoms with Crippen LogP contribution in [0.5, 0.6) is 0 Å². The van der Waals surface area contributed by atoms with Crippen molar-refractivity contribution < 1.29 is 4.39 Å². The second-order valence-electron chi connectivity index (χ2n) is 4.43. The number of hydrogen-bond acceptors (Lipinski definition) is 2. The number of rotatable bonds is 1. The van der Waals surface area contributed by atoms with Gasteiger partial charge in [-0.15, -0.1) is 0 Å². The number of aryl methyl sites for hydroxylation is 1. The summed E-state index contributed by atoms with van der Waals surface area (Å²) in [5.41, 5.74) is 9.35. The van der Waals surface area contributed by atoms with Gasteiger partial charge >= 0.3 is 0 Å². The zero-order chi connectivity index (χ0) is 14.4. The van der Waals surface area contributed by atoms with Crippen LogP contribution in [-0.4, -0.2) is 9.38 Å². The van der Waals surface area contributed by atoms with Crippen LogP contribution in [0.25, 0.3) is 16.9 Å². The summed E-state index contributed by atoms with van der Waals surface area (Å²) in [6.45, 7) is 1.96. The van der Waals surface area contributed by atoms with Crippen molar-refractivity contribution in [3.8, 4) is 11.3 Å². The van der Waals surface area contributed by atoms with E-state index in [1.807, 2.05) is 23.5 Å². The Morgan fingerprint density at radius 1 is 1.15 bits per heavy atom. The highest BCUT2D eigenvalue weighted by atomic mass is 79.9. The van der Waals surface area contributed by atoms with Crippen molar-refractivity contribution in [1.82, 2.24) is 9.38 Å². The first kappa shape index (κ1) is 13.6. The summed E-state index contributed by atoms with van der Waals surface area (Å²) in [4.78, 5) is 4.53. The summed E-state index contributed by atoms with van der Waals surface area (Å²) in [7, 11) is 0. The number of halogens is 3. The molecule has 3 nitrogen and oxygen atoms in total. The lowest BCUT2D eigenvalue weighted by molar-refractivity contribution is 0.621. The van der Waals surface area contributed by atoms with Gasteiger partial charge < -0.3 is 5.73 Å². The summed E-state index contributed by atoms with van der Waals surface area (Å²) in [6, 6.07) is 8.56. The van der Waals surface area contributed by atoms with Gasteiger partial charge in [0.25, 0.3) is 0 Å². The van der Waals surface area contributed by atoms with E-state index in [-0.39, 0.29) is 5.82 Å². The number of fused-ring (bicyclic) bond motifs is 1. The highest BCUT2D eigenvalue weighted by Gasteiger charge is 2.14. The molecule has 6 heteroatoms. The fraction of sp³-hybridized carbons (Fsp3) is 0.0714. The summed E-state index contributed by atoms with van der Waals surface area (Å²) < 4.78 is 16.6. The number of anilines is 1. The molecule has 2 aromatic heterocycles. The molecule has 2 heterocycles. The number of hydrogen-bond donors (Lipinski definition) is 1. The summed E-state index contributed by atoms with van der Waals surface area (Å²) in [5, 5.41) is 0. The van der Waals surface area contributed by atoms with Crippen molar-refractivity contribution in [3.05, 3.63) is 50.8 Å². The molecule has 1 aromatic carbocycles. The van der Waals surface area contributed by atoms with Crippen molar-refractivity contribution in [2.24, 2.45) is 0 Å². The Bertz CT molecular complexity index is 827. The lowest BCUT2D eigenvalue weighted by Gasteiger charge is -2.05. The van der Waals surface area contributed by atoms with Gasteiger partial charge in [0.2, 0.25) is 0 Å². The Kier molecular flexibility index (Phi) is 3.30. The van der Waals surface area contributed by atoms with E-state index in [1.54, 1.807) is 12.1 Å². The van der Waals surface area contributed by atoms with Crippen molar-refractivity contribution in [3.63, 3.8) is 0 Å². The molecule has 0 radical (unpaired) electrons. The zero-order valence-electron chi connectivity index (χ0n) is 10.5. The smallest absolute Gasteiger partial charge is 0.139 e. The molecule has 20 heavy (non-hydrogen) atoms. The van der Waals surface area contributed by atoms with Gasteiger partial charge in [0, 0.05) is 15.7 Å². The molecule has 102 valence electrons. The van der Waals surface area contributed by atoms with Crippen LogP contribution in [0, 0.1) is 12.7 Å². The number of pyridine rings is 1. The van der Waals surface area contributed by atoms with Crippen LogP contribution < -0.4 is 5.73 Å². The summed E-state index contributed by atoms with van der Waals surface area (Å²) >= 11 is 6.66. The number of nitrogens with two attached hydrogens (primary N) is 1. The predicted molar refractivity (Wildman–Crippen MR) is 85.1 cm³/mol. The quantitative estimate of drug-likeness (QED) is 0.653. The van der Waals surface area contributed by atoms with Crippen molar-refractivity contribution >= 4 is 43.3 Å². The van der Waals surface area contributed by atoms with Crippen LogP contribution in [0.1, 0.15) is 5.69 Å². The number of imidazole rings is 1. The first-order valence-electron chi connectivity index (χ1n) is 5.87. The Balaban J connectivity index is 2.29. The number of nitrogens with zero attached hydrogens (tertiary/aromatic N) is 2. The first-order chi connectivity index (χ1) is 9.49. The minimum absolute atomic E-state index is 0.310. The van der Waals surface area contributed by atoms with E-state index in [9.17, 15) is 4.39 Å². The molecule has 0 saturated carbocycles. The zero-order valence-corrected chi connectivity index (χ0v) is 13.7. The average molecular weight is 399 g/mol. The predicted octanol–water partition coefficient (Wildman–Crippen LogP) is 4.56. The van der Waals surface area contributed by atoms with Gasteiger partial charge in [-0.2, -0.15) is 0 Å². The van der Waals surface area contributed by atoms with Crippen LogP contribution in [0.4, 0.5) is 10.2 Å². The second-order valence-corrected chi connectivity index (χ2v) is 6.14. The van der Waals surface area contributed by atoms with Gasteiger partial charge in [-0.3, -0.25) is 4.40 Å². The van der Waals surface area contributed by atoms with Gasteiger partial charge in [0.15, 0.2) is 0 Å². The number of benzene rings is 1. The maximum Gasteiger partial charge on any atom is 0.139 e. The van der Waals surface area contributed by atoms with E-state index in [0.29, 0.717) is 16.0 Å². The van der Waals surface area contributed by atoms with Crippen LogP contribution >= 0.6 is 31.9 Å². The highest BCUT2D eigenvalue weighted by Crippen LogP contribution is 2.31. The Hall–Kier alpha value is -1.40. The van der Waals surface area contributed by atoms with Crippen molar-refractivity contribution in [2.45, 2.75) is 6.92 Å². The van der Waals surface area contributed by atoms with E-state index in [2.05, 4.69) is 36.8 Å². The van der Waals surface area contributed by atoms with Gasteiger partial charge in [-0.1, -0.05) is 0 Å². The fourth-order valence-electron chi connectivity index (χ4n) is 2.15. The van der Waals surface area contributed by atoms with Gasteiger partial charge in [-0.05, 0) is 69.1 Å². The molecule has 0 fully saturated rings. The highest BCUT2D eigenvalue weighted by molar-refractivity contribution is 9.10. The Labute approximate surface area is 131 Å². The minimum atomic E-state index is -0.310. The lowest BCUT2D eigenvalue weighted by Crippen LogP contribution is -1.98. The minimum Gasteiger partial charge on any atom is -0.383 e. The SMILES string of the molecule is Cc1c(Br)ccc2nc(-c3ccc(F)c(Br)c3)c(N)n12. The lowest BCUT2D eigenvalue weighted by atomic mass is 10.1. The molecule has 0 atom stereocenters. The average Bonchev–Trinajstić information content (AvgIpc) is 2.75. The van der Waals surface area contributed by atoms with E-state index >= 15 is 0 Å². The monoisotopic (exact) mass is 397 g/mol. The first-order valence-corrected chi connectivity index (χ1v) is 7.46. The molecule has 0 saturated heterocycles. The largest absolute Gasteiger partial charge is 0.383 e. The van der Waals surface area contributed by atoms with Crippen LogP contribution in [0.15, 0.2) is 39.3 Å². The standard InChI is InChI=1S/C14H10Br2FN3/c1-7-9(15)3-5-12-19-13(14(18)20(7)12)8-2-4-11(17)10(16)6-8/h2-6H,18H2,1H3. The molecule has 0 amide bonds. The molecular weight excluding hydrogens is 389 g/mol. The number of nitrogen functional groups attached to an aromatic ring is 1. The third-order valence-corrected chi connectivity index (χ3v) is 4.64. The van der Waals surface area contributed by atoms with Gasteiger partial charge in [0.05, 0.1) is 4.47 Å². The summed E-state index contributed by atoms with van der Waals surface area (Å²) in [5.74, 6) is 0.229. The molecule has 2 N–H and O–H groups in total. The van der Waals surface area contributed by atoms with E-state index in [0.717, 1.165) is 21.4 Å². The molecule has 0 aliphatic rings. The molecule has 0 unspecified atom stereocenters.